The highest BCUT2D eigenvalue weighted by Gasteiger charge is 2.10. The molecule has 4 nitrogen and oxygen atoms in total. The number of carbonyl (C=O) groups is 1. The van der Waals surface area contributed by atoms with Crippen molar-refractivity contribution >= 4 is 12.1 Å². The summed E-state index contributed by atoms with van der Waals surface area (Å²) in [6.07, 6.45) is 4.29. The van der Waals surface area contributed by atoms with Gasteiger partial charge in [0.15, 0.2) is 0 Å². The summed E-state index contributed by atoms with van der Waals surface area (Å²) in [6.45, 7) is 9.68. The van der Waals surface area contributed by atoms with E-state index in [0.29, 0.717) is 17.4 Å². The van der Waals surface area contributed by atoms with Crippen LogP contribution in [0.5, 0.6) is 0 Å². The molecule has 0 aliphatic carbocycles. The van der Waals surface area contributed by atoms with Crippen LogP contribution in [0.2, 0.25) is 0 Å². The Morgan fingerprint density at radius 1 is 1.41 bits per heavy atom. The maximum absolute atomic E-state index is 11.9. The zero-order chi connectivity index (χ0) is 13.4. The van der Waals surface area contributed by atoms with E-state index < -0.39 is 0 Å². The summed E-state index contributed by atoms with van der Waals surface area (Å²) in [6, 6.07) is 0. The van der Waals surface area contributed by atoms with Gasteiger partial charge in [-0.1, -0.05) is 20.8 Å². The fourth-order valence-electron chi connectivity index (χ4n) is 1.10. The Hall–Kier alpha value is -1.58. The average molecular weight is 237 g/mol. The smallest absolute Gasteiger partial charge is 0.275 e. The number of allylic oxidation sites excluding steroid dienone is 2. The number of nitrogens with zero attached hydrogens (tertiary/aromatic N) is 1. The van der Waals surface area contributed by atoms with Gasteiger partial charge >= 0.3 is 0 Å². The first-order chi connectivity index (χ1) is 7.88. The SMILES string of the molecule is CC/C=C(\N)NC(=O)C(/N=C\C(C)C)=C(C)C. The molecular formula is C13H23N3O. The fourth-order valence-corrected chi connectivity index (χ4v) is 1.10. The minimum absolute atomic E-state index is 0.260. The molecule has 0 heterocycles. The third-order valence-electron chi connectivity index (χ3n) is 1.87. The van der Waals surface area contributed by atoms with Crippen LogP contribution in [0.3, 0.4) is 0 Å². The topological polar surface area (TPSA) is 67.5 Å². The van der Waals surface area contributed by atoms with Crippen LogP contribution < -0.4 is 11.1 Å². The van der Waals surface area contributed by atoms with Crippen LogP contribution in [0.15, 0.2) is 28.2 Å². The van der Waals surface area contributed by atoms with Crippen molar-refractivity contribution in [3.8, 4) is 0 Å². The van der Waals surface area contributed by atoms with Crippen LogP contribution in [0.4, 0.5) is 0 Å². The first-order valence-electron chi connectivity index (χ1n) is 5.87. The van der Waals surface area contributed by atoms with Crippen LogP contribution in [0.25, 0.3) is 0 Å². The number of carbonyl (C=O) groups excluding carboxylic acids is 1. The molecule has 1 amide bonds. The maximum Gasteiger partial charge on any atom is 0.275 e. The van der Waals surface area contributed by atoms with Crippen molar-refractivity contribution in [2.24, 2.45) is 16.6 Å². The van der Waals surface area contributed by atoms with Gasteiger partial charge in [0.05, 0.1) is 5.82 Å². The first-order valence-corrected chi connectivity index (χ1v) is 5.87. The lowest BCUT2D eigenvalue weighted by Crippen LogP contribution is -2.28. The molecule has 4 heteroatoms. The van der Waals surface area contributed by atoms with Crippen LogP contribution in [-0.4, -0.2) is 12.1 Å². The van der Waals surface area contributed by atoms with Gasteiger partial charge in [0, 0.05) is 6.21 Å². The molecule has 17 heavy (non-hydrogen) atoms. The van der Waals surface area contributed by atoms with E-state index in [1.807, 2.05) is 34.6 Å². The normalized spacial score (nSPS) is 12.0. The van der Waals surface area contributed by atoms with E-state index in [2.05, 4.69) is 10.3 Å². The quantitative estimate of drug-likeness (QED) is 0.569. The molecule has 0 atom stereocenters. The largest absolute Gasteiger partial charge is 0.385 e. The Labute approximate surface area is 104 Å². The lowest BCUT2D eigenvalue weighted by molar-refractivity contribution is -0.116. The highest BCUT2D eigenvalue weighted by molar-refractivity contribution is 5.96. The maximum atomic E-state index is 11.9. The monoisotopic (exact) mass is 237 g/mol. The fraction of sp³-hybridized carbons (Fsp3) is 0.538. The molecule has 0 saturated carbocycles. The molecule has 0 aromatic heterocycles. The van der Waals surface area contributed by atoms with Gasteiger partial charge in [-0.3, -0.25) is 9.79 Å². The molecule has 0 fully saturated rings. The zero-order valence-corrected chi connectivity index (χ0v) is 11.4. The molecule has 0 saturated heterocycles. The summed E-state index contributed by atoms with van der Waals surface area (Å²) in [5, 5.41) is 2.61. The standard InChI is InChI=1S/C13H23N3O/c1-6-7-11(14)16-13(17)12(10(4)5)15-8-9(2)3/h7-9H,6,14H2,1-5H3,(H,16,17)/b11-7+,15-8-. The number of nitrogens with one attached hydrogen (secondary N) is 1. The molecule has 0 aliphatic heterocycles. The highest BCUT2D eigenvalue weighted by Crippen LogP contribution is 2.06. The minimum Gasteiger partial charge on any atom is -0.385 e. The second-order valence-corrected chi connectivity index (χ2v) is 4.39. The Bertz CT molecular complexity index is 348. The molecule has 96 valence electrons. The predicted molar refractivity (Wildman–Crippen MR) is 72.4 cm³/mol. The summed E-state index contributed by atoms with van der Waals surface area (Å²) in [7, 11) is 0. The Balaban J connectivity index is 4.82. The molecule has 0 spiro atoms. The summed E-state index contributed by atoms with van der Waals surface area (Å²) in [5.41, 5.74) is 6.92. The van der Waals surface area contributed by atoms with Gasteiger partial charge in [-0.15, -0.1) is 0 Å². The predicted octanol–water partition coefficient (Wildman–Crippen LogP) is 2.33. The molecule has 0 bridgehead atoms. The zero-order valence-electron chi connectivity index (χ0n) is 11.4. The first kappa shape index (κ1) is 15.4. The van der Waals surface area contributed by atoms with Crippen molar-refractivity contribution in [1.29, 1.82) is 0 Å². The molecule has 0 aliphatic rings. The third kappa shape index (κ3) is 6.56. The number of amides is 1. The van der Waals surface area contributed by atoms with Crippen molar-refractivity contribution < 1.29 is 4.79 Å². The lowest BCUT2D eigenvalue weighted by atomic mass is 10.2. The third-order valence-corrected chi connectivity index (χ3v) is 1.87. The number of nitrogens with two attached hydrogens (primary N) is 1. The van der Waals surface area contributed by atoms with Crippen molar-refractivity contribution in [2.75, 3.05) is 0 Å². The van der Waals surface area contributed by atoms with E-state index in [4.69, 9.17) is 5.73 Å². The molecule has 3 N–H and O–H groups in total. The van der Waals surface area contributed by atoms with Gasteiger partial charge in [0.2, 0.25) is 0 Å². The average Bonchev–Trinajstić information content (AvgIpc) is 2.16. The van der Waals surface area contributed by atoms with Crippen LogP contribution in [0, 0.1) is 5.92 Å². The number of aliphatic imine (C=N–C) groups is 1. The molecule has 0 radical (unpaired) electrons. The van der Waals surface area contributed by atoms with E-state index >= 15 is 0 Å². The van der Waals surface area contributed by atoms with Crippen LogP contribution >= 0.6 is 0 Å². The van der Waals surface area contributed by atoms with E-state index in [9.17, 15) is 4.79 Å². The van der Waals surface area contributed by atoms with Gasteiger partial charge in [0.25, 0.3) is 5.91 Å². The minimum atomic E-state index is -0.260. The lowest BCUT2D eigenvalue weighted by Gasteiger charge is -2.07. The summed E-state index contributed by atoms with van der Waals surface area (Å²) < 4.78 is 0. The summed E-state index contributed by atoms with van der Waals surface area (Å²) in [5.74, 6) is 0.417. The Morgan fingerprint density at radius 2 is 2.00 bits per heavy atom. The van der Waals surface area contributed by atoms with Crippen molar-refractivity contribution in [2.45, 2.75) is 41.0 Å². The van der Waals surface area contributed by atoms with Crippen molar-refractivity contribution in [1.82, 2.24) is 5.32 Å². The molecule has 0 aromatic rings. The Kier molecular flexibility index (Phi) is 6.94. The number of hydrogen-bond acceptors (Lipinski definition) is 3. The molecule has 0 rings (SSSR count). The summed E-state index contributed by atoms with van der Waals surface area (Å²) in [4.78, 5) is 16.1. The van der Waals surface area contributed by atoms with Gasteiger partial charge in [-0.2, -0.15) is 0 Å². The summed E-state index contributed by atoms with van der Waals surface area (Å²) >= 11 is 0. The van der Waals surface area contributed by atoms with E-state index in [-0.39, 0.29) is 5.91 Å². The molecule has 0 unspecified atom stereocenters. The van der Waals surface area contributed by atoms with Gasteiger partial charge in [-0.05, 0) is 37.8 Å². The van der Waals surface area contributed by atoms with E-state index in [1.54, 1.807) is 12.3 Å². The van der Waals surface area contributed by atoms with Crippen molar-refractivity contribution in [3.63, 3.8) is 0 Å². The van der Waals surface area contributed by atoms with Gasteiger partial charge < -0.3 is 11.1 Å². The van der Waals surface area contributed by atoms with Gasteiger partial charge in [0.1, 0.15) is 5.70 Å². The Morgan fingerprint density at radius 3 is 2.41 bits per heavy atom. The van der Waals surface area contributed by atoms with E-state index in [1.165, 1.54) is 0 Å². The van der Waals surface area contributed by atoms with Crippen molar-refractivity contribution in [3.05, 3.63) is 23.2 Å². The second-order valence-electron chi connectivity index (χ2n) is 4.39. The molecular weight excluding hydrogens is 214 g/mol. The van der Waals surface area contributed by atoms with Crippen LogP contribution in [0.1, 0.15) is 41.0 Å². The van der Waals surface area contributed by atoms with Gasteiger partial charge in [-0.25, -0.2) is 0 Å². The highest BCUT2D eigenvalue weighted by atomic mass is 16.2. The van der Waals surface area contributed by atoms with Crippen LogP contribution in [-0.2, 0) is 4.79 Å². The number of rotatable bonds is 5. The molecule has 0 aromatic carbocycles. The van der Waals surface area contributed by atoms with E-state index in [0.717, 1.165) is 12.0 Å². The number of hydrogen-bond donors (Lipinski definition) is 2. The second kappa shape index (κ2) is 7.65.